The molecule has 1 spiro atoms. The number of morpholine rings is 1. The molecule has 6 aromatic carbocycles. The minimum Gasteiger partial charge on any atom is -0.491 e. The number of cyclic esters (lactones) is 1. The second kappa shape index (κ2) is 16.5. The number of amides is 2. The van der Waals surface area contributed by atoms with E-state index in [1.54, 1.807) is 16.8 Å². The summed E-state index contributed by atoms with van der Waals surface area (Å²) in [6.07, 6.45) is -0.854. The number of hydrogen-bond acceptors (Lipinski definition) is 11. The topological polar surface area (TPSA) is 161 Å². The maximum Gasteiger partial charge on any atom is 0.324 e. The Kier molecular flexibility index (Phi) is 10.1. The number of esters is 1. The highest BCUT2D eigenvalue weighted by Gasteiger charge is 2.74. The molecule has 11 rings (SSSR count). The SMILES string of the molecule is O=C1O[C@@H](c2ccccc2)[C@@H](c2ccccc2)N2[C@@H](c3ccccc3OCCO)[C@]3(C(=O)Nc4ccc(C#CCn5nnc6ccccc65)cc43)[C@@H](C(=O)Nc3nc4ccccc4s3)[C@H]12. The number of aromatic nitrogens is 4. The number of anilines is 2. The quantitative estimate of drug-likeness (QED) is 0.0987. The van der Waals surface area contributed by atoms with Crippen molar-refractivity contribution in [2.45, 2.75) is 36.2 Å². The first-order valence-corrected chi connectivity index (χ1v) is 22.1. The van der Waals surface area contributed by atoms with Gasteiger partial charge in [-0.2, -0.15) is 0 Å². The van der Waals surface area contributed by atoms with Crippen molar-refractivity contribution in [2.24, 2.45) is 5.92 Å². The van der Waals surface area contributed by atoms with Crippen LogP contribution in [0.2, 0.25) is 0 Å². The molecule has 3 aliphatic heterocycles. The lowest BCUT2D eigenvalue weighted by Gasteiger charge is -2.46. The van der Waals surface area contributed by atoms with E-state index in [1.807, 2.05) is 144 Å². The van der Waals surface area contributed by atoms with Crippen molar-refractivity contribution >= 4 is 61.2 Å². The first-order valence-electron chi connectivity index (χ1n) is 21.2. The maximum atomic E-state index is 15.7. The summed E-state index contributed by atoms with van der Waals surface area (Å²) in [6, 6.07) is 44.1. The summed E-state index contributed by atoms with van der Waals surface area (Å²) in [6.45, 7) is -0.0663. The number of aliphatic hydroxyl groups is 1. The molecule has 3 N–H and O–H groups in total. The van der Waals surface area contributed by atoms with Gasteiger partial charge in [-0.15, -0.1) is 5.10 Å². The second-order valence-electron chi connectivity index (χ2n) is 16.1. The summed E-state index contributed by atoms with van der Waals surface area (Å²) < 4.78 is 15.4. The number of nitrogens with one attached hydrogen (secondary N) is 2. The van der Waals surface area contributed by atoms with Crippen LogP contribution in [0.3, 0.4) is 0 Å². The van der Waals surface area contributed by atoms with E-state index >= 15 is 14.4 Å². The van der Waals surface area contributed by atoms with E-state index in [-0.39, 0.29) is 19.8 Å². The standard InChI is InChI=1S/C51H39N7O6S/c59-28-29-63-40-23-11-7-19-34(40)46-51(35-30-31(25-26-36(35)52-49(51)62)14-13-27-57-39-22-10-8-20-37(39)55-56-57)42(47(60)54-50-53-38-21-9-12-24-41(38)65-50)44-48(61)64-45(33-17-5-2-6-18-33)43(58(44)46)32-15-3-1-4-16-32/h1-12,15-26,30,42-46,59H,27-29H2,(H,52,62)(H,53,54,60)/t42-,43-,44-,45+,46+,51-/m1/s1. The fourth-order valence-electron chi connectivity index (χ4n) is 9.99. The monoisotopic (exact) mass is 877 g/mol. The summed E-state index contributed by atoms with van der Waals surface area (Å²) in [5, 5.41) is 25.1. The first kappa shape index (κ1) is 40.1. The Bertz CT molecular complexity index is 3170. The third-order valence-electron chi connectivity index (χ3n) is 12.6. The molecule has 14 heteroatoms. The highest BCUT2D eigenvalue weighted by molar-refractivity contribution is 7.22. The molecule has 0 aliphatic carbocycles. The van der Waals surface area contributed by atoms with Crippen molar-refractivity contribution in [2.75, 3.05) is 23.8 Å². The normalized spacial score (nSPS) is 22.2. The molecule has 13 nitrogen and oxygen atoms in total. The number of fused-ring (bicyclic) bond motifs is 5. The molecule has 2 fully saturated rings. The molecule has 2 amide bonds. The van der Waals surface area contributed by atoms with Crippen molar-refractivity contribution in [3.05, 3.63) is 179 Å². The van der Waals surface area contributed by atoms with Crippen LogP contribution in [-0.2, 0) is 31.1 Å². The molecule has 320 valence electrons. The summed E-state index contributed by atoms with van der Waals surface area (Å²) in [5.74, 6) is 3.77. The largest absolute Gasteiger partial charge is 0.491 e. The van der Waals surface area contributed by atoms with E-state index in [0.29, 0.717) is 38.8 Å². The molecule has 0 saturated carbocycles. The van der Waals surface area contributed by atoms with E-state index in [2.05, 4.69) is 32.8 Å². The highest BCUT2D eigenvalue weighted by atomic mass is 32.1. The molecule has 0 radical (unpaired) electrons. The number of carbonyl (C=O) groups is 3. The van der Waals surface area contributed by atoms with Crippen LogP contribution in [0.4, 0.5) is 10.8 Å². The summed E-state index contributed by atoms with van der Waals surface area (Å²) in [5.41, 5.74) is 4.10. The summed E-state index contributed by atoms with van der Waals surface area (Å²) in [7, 11) is 0. The van der Waals surface area contributed by atoms with Gasteiger partial charge in [0.15, 0.2) is 5.13 Å². The predicted molar refractivity (Wildman–Crippen MR) is 245 cm³/mol. The van der Waals surface area contributed by atoms with Crippen LogP contribution in [0.1, 0.15) is 46.0 Å². The third-order valence-corrected chi connectivity index (χ3v) is 13.5. The van der Waals surface area contributed by atoms with E-state index in [9.17, 15) is 5.11 Å². The van der Waals surface area contributed by atoms with Crippen LogP contribution in [0.15, 0.2) is 152 Å². The van der Waals surface area contributed by atoms with Gasteiger partial charge in [0.25, 0.3) is 0 Å². The number of hydrogen-bond donors (Lipinski definition) is 3. The molecule has 8 aromatic rings. The van der Waals surface area contributed by atoms with Gasteiger partial charge < -0.3 is 25.2 Å². The average molecular weight is 878 g/mol. The van der Waals surface area contributed by atoms with Crippen LogP contribution in [0.5, 0.6) is 5.75 Å². The van der Waals surface area contributed by atoms with Crippen LogP contribution < -0.4 is 15.4 Å². The Balaban J connectivity index is 1.15. The molecule has 2 aromatic heterocycles. The van der Waals surface area contributed by atoms with Gasteiger partial charge in [0, 0.05) is 16.8 Å². The Labute approximate surface area is 376 Å². The van der Waals surface area contributed by atoms with Crippen LogP contribution >= 0.6 is 11.3 Å². The number of rotatable bonds is 9. The van der Waals surface area contributed by atoms with Gasteiger partial charge in [0.1, 0.15) is 42.0 Å². The molecule has 65 heavy (non-hydrogen) atoms. The number of nitrogens with zero attached hydrogens (tertiary/aromatic N) is 5. The lowest BCUT2D eigenvalue weighted by atomic mass is 9.65. The van der Waals surface area contributed by atoms with E-state index in [1.165, 1.54) is 11.3 Å². The van der Waals surface area contributed by atoms with Crippen molar-refractivity contribution in [1.82, 2.24) is 24.9 Å². The van der Waals surface area contributed by atoms with E-state index in [0.717, 1.165) is 26.9 Å². The number of ether oxygens (including phenoxy) is 2. The Hall–Kier alpha value is -7.70. The molecule has 3 aliphatic rings. The zero-order valence-electron chi connectivity index (χ0n) is 34.6. The predicted octanol–water partition coefficient (Wildman–Crippen LogP) is 7.37. The molecule has 0 unspecified atom stereocenters. The number of carbonyl (C=O) groups excluding carboxylic acids is 3. The molecule has 6 atom stereocenters. The first-order chi connectivity index (χ1) is 31.9. The van der Waals surface area contributed by atoms with Gasteiger partial charge >= 0.3 is 5.97 Å². The van der Waals surface area contributed by atoms with Crippen molar-refractivity contribution in [1.29, 1.82) is 0 Å². The van der Waals surface area contributed by atoms with Crippen LogP contribution in [-0.4, -0.2) is 67.0 Å². The molecular weight excluding hydrogens is 839 g/mol. The smallest absolute Gasteiger partial charge is 0.324 e. The van der Waals surface area contributed by atoms with Crippen molar-refractivity contribution in [3.63, 3.8) is 0 Å². The number of benzene rings is 6. The third kappa shape index (κ3) is 6.71. The lowest BCUT2D eigenvalue weighted by molar-refractivity contribution is -0.177. The van der Waals surface area contributed by atoms with Gasteiger partial charge in [-0.1, -0.05) is 132 Å². The maximum absolute atomic E-state index is 15.7. The lowest BCUT2D eigenvalue weighted by Crippen LogP contribution is -2.53. The zero-order chi connectivity index (χ0) is 44.1. The Morgan fingerprint density at radius 3 is 2.37 bits per heavy atom. The highest BCUT2D eigenvalue weighted by Crippen LogP contribution is 2.65. The molecule has 5 heterocycles. The van der Waals surface area contributed by atoms with Crippen molar-refractivity contribution < 1.29 is 29.0 Å². The second-order valence-corrected chi connectivity index (χ2v) is 17.1. The molecular formula is C51H39N7O6S. The number of thiazole rings is 1. The van der Waals surface area contributed by atoms with E-state index in [4.69, 9.17) is 14.5 Å². The fraction of sp³-hybridized carbons (Fsp3) is 0.176. The van der Waals surface area contributed by atoms with Gasteiger partial charge in [-0.3, -0.25) is 19.3 Å². The minimum atomic E-state index is -1.81. The number of para-hydroxylation sites is 3. The summed E-state index contributed by atoms with van der Waals surface area (Å²) in [4.78, 5) is 53.4. The molecule has 2 saturated heterocycles. The van der Waals surface area contributed by atoms with Gasteiger partial charge in [0.2, 0.25) is 11.8 Å². The summed E-state index contributed by atoms with van der Waals surface area (Å²) >= 11 is 1.30. The van der Waals surface area contributed by atoms with Gasteiger partial charge in [-0.25, -0.2) is 9.67 Å². The van der Waals surface area contributed by atoms with Gasteiger partial charge in [0.05, 0.1) is 40.3 Å². The molecule has 0 bridgehead atoms. The van der Waals surface area contributed by atoms with Crippen LogP contribution in [0, 0.1) is 17.8 Å². The zero-order valence-corrected chi connectivity index (χ0v) is 35.4. The van der Waals surface area contributed by atoms with Crippen molar-refractivity contribution in [3.8, 4) is 17.6 Å². The fourth-order valence-corrected chi connectivity index (χ4v) is 10.9. The van der Waals surface area contributed by atoms with Crippen LogP contribution in [0.25, 0.3) is 21.3 Å². The average Bonchev–Trinajstić information content (AvgIpc) is 4.10. The van der Waals surface area contributed by atoms with E-state index < -0.39 is 53.3 Å². The van der Waals surface area contributed by atoms with Gasteiger partial charge in [-0.05, 0) is 65.2 Å². The number of aliphatic hydroxyl groups excluding tert-OH is 1. The Morgan fingerprint density at radius 1 is 0.846 bits per heavy atom. The minimum absolute atomic E-state index is 0.0396. The Morgan fingerprint density at radius 2 is 1.57 bits per heavy atom.